The average molecular weight is 331 g/mol. The topological polar surface area (TPSA) is 31.5 Å². The zero-order chi connectivity index (χ0) is 14.7. The Morgan fingerprint density at radius 1 is 1.50 bits per heavy atom. The quantitative estimate of drug-likeness (QED) is 0.854. The number of halogens is 1. The molecule has 4 nitrogen and oxygen atoms in total. The van der Waals surface area contributed by atoms with E-state index in [1.54, 1.807) is 7.11 Å². The van der Waals surface area contributed by atoms with Crippen molar-refractivity contribution in [2.75, 3.05) is 14.2 Å². The van der Waals surface area contributed by atoms with E-state index < -0.39 is 0 Å². The second kappa shape index (κ2) is 6.67. The minimum Gasteiger partial charge on any atom is -0.496 e. The lowest BCUT2D eigenvalue weighted by atomic mass is 10.2. The van der Waals surface area contributed by atoms with Gasteiger partial charge in [-0.3, -0.25) is 0 Å². The summed E-state index contributed by atoms with van der Waals surface area (Å²) < 4.78 is 8.03. The highest BCUT2D eigenvalue weighted by Gasteiger charge is 2.12. The molecule has 0 aliphatic rings. The van der Waals surface area contributed by atoms with E-state index in [2.05, 4.69) is 12.1 Å². The standard InChI is InChI=1S/C13H16ClN3OS2/c1-9-15-17(13(19)20-9)8-16(2)7-10-6-11(14)4-5-12(10)18-3/h4-6H,7-8H2,1-3H3/p+1. The fourth-order valence-electron chi connectivity index (χ4n) is 2.03. The van der Waals surface area contributed by atoms with E-state index in [-0.39, 0.29) is 0 Å². The lowest BCUT2D eigenvalue weighted by Gasteiger charge is -2.16. The number of hydrogen-bond donors (Lipinski definition) is 1. The molecule has 0 aliphatic carbocycles. The van der Waals surface area contributed by atoms with Crippen LogP contribution >= 0.6 is 35.2 Å². The molecule has 1 aromatic heterocycles. The van der Waals surface area contributed by atoms with Crippen molar-refractivity contribution in [3.63, 3.8) is 0 Å². The molecule has 0 saturated heterocycles. The first-order chi connectivity index (χ1) is 9.49. The fourth-order valence-corrected chi connectivity index (χ4v) is 3.30. The number of rotatable bonds is 5. The van der Waals surface area contributed by atoms with Crippen LogP contribution in [0, 0.1) is 10.9 Å². The van der Waals surface area contributed by atoms with Gasteiger partial charge in [-0.2, -0.15) is 9.78 Å². The first-order valence-electron chi connectivity index (χ1n) is 6.18. The van der Waals surface area contributed by atoms with Crippen molar-refractivity contribution in [1.82, 2.24) is 9.78 Å². The molecule has 1 unspecified atom stereocenters. The van der Waals surface area contributed by atoms with Gasteiger partial charge in [0.15, 0.2) is 10.6 Å². The van der Waals surface area contributed by atoms with Crippen LogP contribution < -0.4 is 9.64 Å². The maximum Gasteiger partial charge on any atom is 0.184 e. The van der Waals surface area contributed by atoms with Crippen molar-refractivity contribution in [3.8, 4) is 5.75 Å². The first-order valence-corrected chi connectivity index (χ1v) is 7.78. The number of aryl methyl sites for hydroxylation is 1. The number of nitrogens with one attached hydrogen (secondary N) is 1. The summed E-state index contributed by atoms with van der Waals surface area (Å²) in [5, 5.41) is 6.11. The summed E-state index contributed by atoms with van der Waals surface area (Å²) in [4.78, 5) is 1.26. The maximum atomic E-state index is 6.05. The Labute approximate surface area is 132 Å². The van der Waals surface area contributed by atoms with E-state index in [4.69, 9.17) is 28.6 Å². The third-order valence-corrected chi connectivity index (χ3v) is 4.32. The average Bonchev–Trinajstić information content (AvgIpc) is 2.68. The van der Waals surface area contributed by atoms with Crippen molar-refractivity contribution in [1.29, 1.82) is 0 Å². The van der Waals surface area contributed by atoms with Gasteiger partial charge in [-0.15, -0.1) is 0 Å². The molecule has 20 heavy (non-hydrogen) atoms. The lowest BCUT2D eigenvalue weighted by molar-refractivity contribution is -0.917. The summed E-state index contributed by atoms with van der Waals surface area (Å²) in [6, 6.07) is 5.66. The molecule has 1 N–H and O–H groups in total. The SMILES string of the molecule is COc1ccc(Cl)cc1C[NH+](C)Cn1nc(C)sc1=S. The van der Waals surface area contributed by atoms with Gasteiger partial charge in [0.05, 0.1) is 14.2 Å². The van der Waals surface area contributed by atoms with Crippen LogP contribution in [-0.4, -0.2) is 23.9 Å². The van der Waals surface area contributed by atoms with Crippen LogP contribution in [0.3, 0.4) is 0 Å². The van der Waals surface area contributed by atoms with Crippen LogP contribution in [0.1, 0.15) is 10.6 Å². The monoisotopic (exact) mass is 330 g/mol. The zero-order valence-electron chi connectivity index (χ0n) is 11.6. The molecule has 2 rings (SSSR count). The fraction of sp³-hybridized carbons (Fsp3) is 0.385. The third-order valence-electron chi connectivity index (χ3n) is 2.86. The molecular weight excluding hydrogens is 314 g/mol. The van der Waals surface area contributed by atoms with Crippen LogP contribution in [0.15, 0.2) is 18.2 Å². The van der Waals surface area contributed by atoms with E-state index >= 15 is 0 Å². The number of methoxy groups -OCH3 is 1. The van der Waals surface area contributed by atoms with Crippen LogP contribution in [0.4, 0.5) is 0 Å². The Bertz CT molecular complexity index is 653. The van der Waals surface area contributed by atoms with Gasteiger partial charge in [0.1, 0.15) is 17.3 Å². The minimum atomic E-state index is 0.717. The molecule has 1 aromatic carbocycles. The number of nitrogens with zero attached hydrogens (tertiary/aromatic N) is 2. The number of quaternary nitrogens is 1. The zero-order valence-corrected chi connectivity index (χ0v) is 14.0. The Kier molecular flexibility index (Phi) is 5.15. The van der Waals surface area contributed by atoms with E-state index in [0.717, 1.165) is 38.5 Å². The van der Waals surface area contributed by atoms with Gasteiger partial charge in [0, 0.05) is 10.6 Å². The number of hydrogen-bond acceptors (Lipinski definition) is 4. The van der Waals surface area contributed by atoms with Gasteiger partial charge in [-0.05, 0) is 37.3 Å². The maximum absolute atomic E-state index is 6.05. The van der Waals surface area contributed by atoms with Crippen molar-refractivity contribution < 1.29 is 9.64 Å². The smallest absolute Gasteiger partial charge is 0.184 e. The molecule has 0 aliphatic heterocycles. The van der Waals surface area contributed by atoms with Gasteiger partial charge in [0.2, 0.25) is 0 Å². The molecule has 0 bridgehead atoms. The molecule has 0 saturated carbocycles. The first kappa shape index (κ1) is 15.4. The molecule has 1 atom stereocenters. The van der Waals surface area contributed by atoms with Crippen molar-refractivity contribution in [2.24, 2.45) is 0 Å². The van der Waals surface area contributed by atoms with E-state index in [0.29, 0.717) is 0 Å². The normalized spacial score (nSPS) is 12.4. The van der Waals surface area contributed by atoms with Gasteiger partial charge in [-0.25, -0.2) is 0 Å². The number of benzene rings is 1. The highest BCUT2D eigenvalue weighted by Crippen LogP contribution is 2.21. The van der Waals surface area contributed by atoms with Crippen LogP contribution in [0.2, 0.25) is 5.02 Å². The van der Waals surface area contributed by atoms with Crippen molar-refractivity contribution in [2.45, 2.75) is 20.1 Å². The summed E-state index contributed by atoms with van der Waals surface area (Å²) in [5.74, 6) is 0.854. The predicted octanol–water partition coefficient (Wildman–Crippen LogP) is 2.32. The molecule has 1 heterocycles. The summed E-state index contributed by atoms with van der Waals surface area (Å²) in [6.07, 6.45) is 0. The van der Waals surface area contributed by atoms with Crippen LogP contribution in [-0.2, 0) is 13.2 Å². The second-order valence-electron chi connectivity index (χ2n) is 4.63. The van der Waals surface area contributed by atoms with Crippen molar-refractivity contribution in [3.05, 3.63) is 37.7 Å². The number of ether oxygens (including phenoxy) is 1. The van der Waals surface area contributed by atoms with Crippen LogP contribution in [0.5, 0.6) is 5.75 Å². The highest BCUT2D eigenvalue weighted by molar-refractivity contribution is 7.73. The summed E-state index contributed by atoms with van der Waals surface area (Å²) in [7, 11) is 3.76. The highest BCUT2D eigenvalue weighted by atomic mass is 35.5. The third kappa shape index (κ3) is 3.79. The minimum absolute atomic E-state index is 0.717. The molecule has 108 valence electrons. The second-order valence-corrected chi connectivity index (χ2v) is 6.90. The van der Waals surface area contributed by atoms with Gasteiger partial charge >= 0.3 is 0 Å². The van der Waals surface area contributed by atoms with Gasteiger partial charge < -0.3 is 9.64 Å². The van der Waals surface area contributed by atoms with Crippen molar-refractivity contribution >= 4 is 35.2 Å². The Balaban J connectivity index is 2.12. The summed E-state index contributed by atoms with van der Waals surface area (Å²) in [6.45, 7) is 3.48. The molecule has 0 amide bonds. The molecule has 2 aromatic rings. The molecule has 0 spiro atoms. The van der Waals surface area contributed by atoms with E-state index in [1.165, 1.54) is 16.2 Å². The van der Waals surface area contributed by atoms with E-state index in [1.807, 2.05) is 29.8 Å². The Hall–Kier alpha value is -0.950. The van der Waals surface area contributed by atoms with Gasteiger partial charge in [-0.1, -0.05) is 22.9 Å². The van der Waals surface area contributed by atoms with Gasteiger partial charge in [0.25, 0.3) is 0 Å². The molecule has 0 fully saturated rings. The predicted molar refractivity (Wildman–Crippen MR) is 84.3 cm³/mol. The Morgan fingerprint density at radius 3 is 2.85 bits per heavy atom. The molecular formula is C13H17ClN3OS2+. The number of aromatic nitrogens is 2. The summed E-state index contributed by atoms with van der Waals surface area (Å²) in [5.41, 5.74) is 1.08. The lowest BCUT2D eigenvalue weighted by Crippen LogP contribution is -3.07. The summed E-state index contributed by atoms with van der Waals surface area (Å²) >= 11 is 12.9. The molecule has 7 heteroatoms. The van der Waals surface area contributed by atoms with Crippen LogP contribution in [0.25, 0.3) is 0 Å². The Morgan fingerprint density at radius 2 is 2.25 bits per heavy atom. The van der Waals surface area contributed by atoms with E-state index in [9.17, 15) is 0 Å². The largest absolute Gasteiger partial charge is 0.496 e. The molecule has 0 radical (unpaired) electrons.